The third-order valence-electron chi connectivity index (χ3n) is 2.25. The van der Waals surface area contributed by atoms with Gasteiger partial charge in [0.25, 0.3) is 0 Å². The molecule has 16 heavy (non-hydrogen) atoms. The Bertz CT molecular complexity index is 411. The van der Waals surface area contributed by atoms with Gasteiger partial charge in [-0.15, -0.1) is 11.3 Å². The van der Waals surface area contributed by atoms with Crippen molar-refractivity contribution in [3.63, 3.8) is 0 Å². The van der Waals surface area contributed by atoms with Crippen LogP contribution in [0.15, 0.2) is 30.2 Å². The Balaban J connectivity index is 1.59. The predicted molar refractivity (Wildman–Crippen MR) is 67.9 cm³/mol. The van der Waals surface area contributed by atoms with E-state index >= 15 is 0 Å². The second-order valence-electron chi connectivity index (χ2n) is 3.56. The van der Waals surface area contributed by atoms with Gasteiger partial charge < -0.3 is 9.88 Å². The standard InChI is InChI=1S/C11H14ClN3S/c12-10-6-11(16-8-10)7-13-2-1-4-15-5-3-14-9-15/h3,5-6,8-9,13H,1-2,4,7H2. The van der Waals surface area contributed by atoms with Crippen LogP contribution in [-0.4, -0.2) is 16.1 Å². The lowest BCUT2D eigenvalue weighted by Crippen LogP contribution is -2.15. The fourth-order valence-corrected chi connectivity index (χ4v) is 2.51. The summed E-state index contributed by atoms with van der Waals surface area (Å²) < 4.78 is 2.09. The van der Waals surface area contributed by atoms with Crippen LogP contribution in [0.5, 0.6) is 0 Å². The maximum Gasteiger partial charge on any atom is 0.0945 e. The van der Waals surface area contributed by atoms with Gasteiger partial charge in [0.05, 0.1) is 11.3 Å². The highest BCUT2D eigenvalue weighted by Gasteiger charge is 1.97. The van der Waals surface area contributed by atoms with Crippen LogP contribution in [0.4, 0.5) is 0 Å². The number of hydrogen-bond acceptors (Lipinski definition) is 3. The number of imidazole rings is 1. The van der Waals surface area contributed by atoms with Crippen LogP contribution in [-0.2, 0) is 13.1 Å². The number of halogens is 1. The van der Waals surface area contributed by atoms with Crippen LogP contribution in [0, 0.1) is 0 Å². The molecule has 0 spiro atoms. The second kappa shape index (κ2) is 6.03. The average molecular weight is 256 g/mol. The number of rotatable bonds is 6. The molecule has 0 aliphatic heterocycles. The average Bonchev–Trinajstić information content (AvgIpc) is 2.89. The zero-order valence-corrected chi connectivity index (χ0v) is 10.5. The Kier molecular flexibility index (Phi) is 4.39. The number of aryl methyl sites for hydroxylation is 1. The highest BCUT2D eigenvalue weighted by Crippen LogP contribution is 2.18. The van der Waals surface area contributed by atoms with Crippen LogP contribution in [0.25, 0.3) is 0 Å². The van der Waals surface area contributed by atoms with Crippen molar-refractivity contribution in [3.05, 3.63) is 40.1 Å². The molecule has 2 aromatic heterocycles. The zero-order valence-electron chi connectivity index (χ0n) is 8.90. The quantitative estimate of drug-likeness (QED) is 0.805. The van der Waals surface area contributed by atoms with Crippen molar-refractivity contribution in [1.29, 1.82) is 0 Å². The molecule has 0 saturated heterocycles. The molecule has 0 fully saturated rings. The fourth-order valence-electron chi connectivity index (χ4n) is 1.46. The molecule has 0 atom stereocenters. The Morgan fingerprint density at radius 1 is 1.50 bits per heavy atom. The second-order valence-corrected chi connectivity index (χ2v) is 4.99. The smallest absolute Gasteiger partial charge is 0.0945 e. The Morgan fingerprint density at radius 2 is 2.44 bits per heavy atom. The van der Waals surface area contributed by atoms with Crippen molar-refractivity contribution in [2.45, 2.75) is 19.5 Å². The van der Waals surface area contributed by atoms with E-state index in [-0.39, 0.29) is 0 Å². The van der Waals surface area contributed by atoms with Gasteiger partial charge >= 0.3 is 0 Å². The van der Waals surface area contributed by atoms with E-state index in [1.165, 1.54) is 4.88 Å². The molecule has 0 aliphatic rings. The lowest BCUT2D eigenvalue weighted by atomic mass is 10.4. The van der Waals surface area contributed by atoms with E-state index in [1.54, 1.807) is 17.5 Å². The van der Waals surface area contributed by atoms with Crippen molar-refractivity contribution >= 4 is 22.9 Å². The van der Waals surface area contributed by atoms with Gasteiger partial charge in [-0.05, 0) is 19.0 Å². The van der Waals surface area contributed by atoms with Gasteiger partial charge in [-0.2, -0.15) is 0 Å². The van der Waals surface area contributed by atoms with E-state index in [1.807, 2.05) is 24.0 Å². The highest BCUT2D eigenvalue weighted by molar-refractivity contribution is 7.10. The summed E-state index contributed by atoms with van der Waals surface area (Å²) in [5.41, 5.74) is 0. The number of nitrogens with zero attached hydrogens (tertiary/aromatic N) is 2. The van der Waals surface area contributed by atoms with Crippen molar-refractivity contribution < 1.29 is 0 Å². The van der Waals surface area contributed by atoms with Gasteiger partial charge in [-0.3, -0.25) is 0 Å². The molecule has 5 heteroatoms. The maximum atomic E-state index is 5.84. The van der Waals surface area contributed by atoms with Crippen LogP contribution < -0.4 is 5.32 Å². The molecular weight excluding hydrogens is 242 g/mol. The first-order chi connectivity index (χ1) is 7.84. The first-order valence-electron chi connectivity index (χ1n) is 5.24. The topological polar surface area (TPSA) is 29.9 Å². The van der Waals surface area contributed by atoms with Crippen molar-refractivity contribution in [2.24, 2.45) is 0 Å². The minimum atomic E-state index is 0.834. The van der Waals surface area contributed by atoms with Gasteiger partial charge in [0.1, 0.15) is 0 Å². The molecule has 0 bridgehead atoms. The third-order valence-corrected chi connectivity index (χ3v) is 3.53. The molecule has 0 saturated carbocycles. The first kappa shape index (κ1) is 11.6. The molecule has 2 heterocycles. The summed E-state index contributed by atoms with van der Waals surface area (Å²) in [4.78, 5) is 5.29. The minimum Gasteiger partial charge on any atom is -0.337 e. The third kappa shape index (κ3) is 3.63. The highest BCUT2D eigenvalue weighted by atomic mass is 35.5. The lowest BCUT2D eigenvalue weighted by molar-refractivity contribution is 0.583. The van der Waals surface area contributed by atoms with E-state index in [2.05, 4.69) is 14.9 Å². The molecule has 0 aliphatic carbocycles. The maximum absolute atomic E-state index is 5.84. The first-order valence-corrected chi connectivity index (χ1v) is 6.50. The number of aromatic nitrogens is 2. The molecule has 2 rings (SSSR count). The summed E-state index contributed by atoms with van der Waals surface area (Å²) in [7, 11) is 0. The summed E-state index contributed by atoms with van der Waals surface area (Å²) in [6, 6.07) is 2.01. The number of nitrogens with one attached hydrogen (secondary N) is 1. The summed E-state index contributed by atoms with van der Waals surface area (Å²) in [5, 5.41) is 6.19. The van der Waals surface area contributed by atoms with Crippen molar-refractivity contribution in [2.75, 3.05) is 6.54 Å². The van der Waals surface area contributed by atoms with Crippen LogP contribution in [0.1, 0.15) is 11.3 Å². The van der Waals surface area contributed by atoms with E-state index in [0.29, 0.717) is 0 Å². The van der Waals surface area contributed by atoms with Gasteiger partial charge in [0.2, 0.25) is 0 Å². The number of thiophene rings is 1. The normalized spacial score (nSPS) is 10.8. The molecule has 0 radical (unpaired) electrons. The molecule has 0 amide bonds. The monoisotopic (exact) mass is 255 g/mol. The Labute approximate surface area is 104 Å². The molecule has 86 valence electrons. The predicted octanol–water partition coefficient (Wildman–Crippen LogP) is 2.78. The lowest BCUT2D eigenvalue weighted by Gasteiger charge is -2.03. The minimum absolute atomic E-state index is 0.834. The fraction of sp³-hybridized carbons (Fsp3) is 0.364. The Morgan fingerprint density at radius 3 is 3.12 bits per heavy atom. The molecule has 0 unspecified atom stereocenters. The van der Waals surface area contributed by atoms with Gasteiger partial charge in [-0.1, -0.05) is 11.6 Å². The van der Waals surface area contributed by atoms with Gasteiger partial charge in [-0.25, -0.2) is 4.98 Å². The van der Waals surface area contributed by atoms with Crippen LogP contribution in [0.2, 0.25) is 5.02 Å². The van der Waals surface area contributed by atoms with E-state index in [0.717, 1.165) is 31.1 Å². The van der Waals surface area contributed by atoms with Gasteiger partial charge in [0, 0.05) is 35.7 Å². The van der Waals surface area contributed by atoms with E-state index < -0.39 is 0 Å². The number of hydrogen-bond donors (Lipinski definition) is 1. The molecule has 1 N–H and O–H groups in total. The van der Waals surface area contributed by atoms with Crippen LogP contribution >= 0.6 is 22.9 Å². The SMILES string of the molecule is Clc1csc(CNCCCn2ccnc2)c1. The van der Waals surface area contributed by atoms with Gasteiger partial charge in [0.15, 0.2) is 0 Å². The Hall–Kier alpha value is -0.840. The largest absolute Gasteiger partial charge is 0.337 e. The molecular formula is C11H14ClN3S. The van der Waals surface area contributed by atoms with Crippen molar-refractivity contribution in [3.8, 4) is 0 Å². The van der Waals surface area contributed by atoms with Crippen molar-refractivity contribution in [1.82, 2.24) is 14.9 Å². The molecule has 3 nitrogen and oxygen atoms in total. The summed E-state index contributed by atoms with van der Waals surface area (Å²) >= 11 is 7.54. The molecule has 2 aromatic rings. The van der Waals surface area contributed by atoms with E-state index in [4.69, 9.17) is 11.6 Å². The summed E-state index contributed by atoms with van der Waals surface area (Å²) in [5.74, 6) is 0. The van der Waals surface area contributed by atoms with E-state index in [9.17, 15) is 0 Å². The molecule has 0 aromatic carbocycles. The zero-order chi connectivity index (χ0) is 11.2. The summed E-state index contributed by atoms with van der Waals surface area (Å²) in [6.07, 6.45) is 6.74. The summed E-state index contributed by atoms with van der Waals surface area (Å²) in [6.45, 7) is 2.92. The van der Waals surface area contributed by atoms with Crippen LogP contribution in [0.3, 0.4) is 0 Å².